The van der Waals surface area contributed by atoms with Gasteiger partial charge in [-0.3, -0.25) is 4.68 Å². The van der Waals surface area contributed by atoms with Crippen LogP contribution in [-0.4, -0.2) is 9.78 Å². The number of hydrogen-bond acceptors (Lipinski definition) is 2. The van der Waals surface area contributed by atoms with Gasteiger partial charge in [0.2, 0.25) is 0 Å². The largest absolute Gasteiger partial charge is 0.326 e. The van der Waals surface area contributed by atoms with Gasteiger partial charge in [-0.05, 0) is 36.6 Å². The first kappa shape index (κ1) is 10.9. The maximum atomic E-state index is 5.67. The average Bonchev–Trinajstić information content (AvgIpc) is 2.61. The molecule has 0 saturated carbocycles. The highest BCUT2D eigenvalue weighted by Gasteiger charge is 2.09. The van der Waals surface area contributed by atoms with E-state index in [9.17, 15) is 0 Å². The molecule has 2 aromatic rings. The third kappa shape index (κ3) is 1.74. The molecule has 2 rings (SSSR count). The van der Waals surface area contributed by atoms with E-state index in [-0.39, 0.29) is 0 Å². The average molecular weight is 215 g/mol. The maximum Gasteiger partial charge on any atom is 0.0571 e. The second-order valence-electron chi connectivity index (χ2n) is 4.12. The smallest absolute Gasteiger partial charge is 0.0571 e. The number of nitrogens with two attached hydrogens (primary N) is 1. The molecular weight excluding hydrogens is 198 g/mol. The first-order chi connectivity index (χ1) is 7.63. The number of nitrogens with zero attached hydrogens (tertiary/aromatic N) is 2. The molecule has 0 unspecified atom stereocenters. The lowest BCUT2D eigenvalue weighted by Gasteiger charge is -2.07. The van der Waals surface area contributed by atoms with Gasteiger partial charge < -0.3 is 5.73 Å². The summed E-state index contributed by atoms with van der Waals surface area (Å²) in [6, 6.07) is 6.34. The van der Waals surface area contributed by atoms with Crippen molar-refractivity contribution in [2.75, 3.05) is 0 Å². The van der Waals surface area contributed by atoms with Gasteiger partial charge in [0.1, 0.15) is 0 Å². The van der Waals surface area contributed by atoms with E-state index in [1.165, 1.54) is 22.4 Å². The monoisotopic (exact) mass is 215 g/mol. The van der Waals surface area contributed by atoms with Gasteiger partial charge in [-0.15, -0.1) is 0 Å². The van der Waals surface area contributed by atoms with Crippen LogP contribution in [-0.2, 0) is 13.6 Å². The van der Waals surface area contributed by atoms with Gasteiger partial charge >= 0.3 is 0 Å². The highest BCUT2D eigenvalue weighted by Crippen LogP contribution is 2.26. The minimum absolute atomic E-state index is 0.576. The molecule has 0 amide bonds. The molecule has 2 N–H and O–H groups in total. The van der Waals surface area contributed by atoms with E-state index in [2.05, 4.69) is 37.1 Å². The molecule has 0 radical (unpaired) electrons. The van der Waals surface area contributed by atoms with E-state index in [0.29, 0.717) is 6.54 Å². The molecule has 0 aliphatic rings. The lowest BCUT2D eigenvalue weighted by Crippen LogP contribution is -1.97. The summed E-state index contributed by atoms with van der Waals surface area (Å²) in [5.41, 5.74) is 11.7. The van der Waals surface area contributed by atoms with Crippen LogP contribution in [0.25, 0.3) is 11.1 Å². The Morgan fingerprint density at radius 3 is 2.56 bits per heavy atom. The Balaban J connectivity index is 2.59. The van der Waals surface area contributed by atoms with Crippen LogP contribution in [0.4, 0.5) is 0 Å². The number of benzene rings is 1. The van der Waals surface area contributed by atoms with Crippen molar-refractivity contribution in [1.29, 1.82) is 0 Å². The fourth-order valence-corrected chi connectivity index (χ4v) is 1.85. The molecular formula is C13H17N3. The Morgan fingerprint density at radius 2 is 2.00 bits per heavy atom. The molecule has 1 aromatic carbocycles. The Hall–Kier alpha value is -1.61. The third-order valence-corrected chi connectivity index (χ3v) is 3.06. The summed E-state index contributed by atoms with van der Waals surface area (Å²) in [4.78, 5) is 0. The summed E-state index contributed by atoms with van der Waals surface area (Å²) < 4.78 is 1.89. The molecule has 0 aliphatic heterocycles. The zero-order valence-electron chi connectivity index (χ0n) is 9.99. The fraction of sp³-hybridized carbons (Fsp3) is 0.308. The second kappa shape index (κ2) is 4.10. The molecule has 84 valence electrons. The van der Waals surface area contributed by atoms with Crippen LogP contribution < -0.4 is 5.73 Å². The van der Waals surface area contributed by atoms with Crippen LogP contribution in [0.5, 0.6) is 0 Å². The molecule has 3 heteroatoms. The van der Waals surface area contributed by atoms with E-state index < -0.39 is 0 Å². The first-order valence-electron chi connectivity index (χ1n) is 5.42. The second-order valence-corrected chi connectivity index (χ2v) is 4.12. The molecule has 0 bridgehead atoms. The number of aryl methyl sites for hydroxylation is 2. The van der Waals surface area contributed by atoms with Crippen LogP contribution >= 0.6 is 0 Å². The van der Waals surface area contributed by atoms with Crippen LogP contribution in [0.3, 0.4) is 0 Å². The molecule has 0 atom stereocenters. The highest BCUT2D eigenvalue weighted by molar-refractivity contribution is 5.69. The van der Waals surface area contributed by atoms with Crippen LogP contribution in [0.2, 0.25) is 0 Å². The standard InChI is InChI=1S/C13H17N3/c1-9-4-5-11(7-14)6-12(9)13-8-15-16(3)10(13)2/h4-6,8H,7,14H2,1-3H3. The van der Waals surface area contributed by atoms with Crippen molar-refractivity contribution in [3.8, 4) is 11.1 Å². The van der Waals surface area contributed by atoms with Gasteiger partial charge in [0, 0.05) is 24.8 Å². The number of aromatic nitrogens is 2. The van der Waals surface area contributed by atoms with Gasteiger partial charge in [-0.25, -0.2) is 0 Å². The minimum Gasteiger partial charge on any atom is -0.326 e. The molecule has 0 saturated heterocycles. The van der Waals surface area contributed by atoms with E-state index in [1.807, 2.05) is 17.9 Å². The third-order valence-electron chi connectivity index (χ3n) is 3.06. The SMILES string of the molecule is Cc1ccc(CN)cc1-c1cnn(C)c1C. The zero-order valence-corrected chi connectivity index (χ0v) is 9.99. The predicted molar refractivity (Wildman–Crippen MR) is 66.0 cm³/mol. The van der Waals surface area contributed by atoms with Gasteiger partial charge in [0.05, 0.1) is 6.20 Å². The van der Waals surface area contributed by atoms with Crippen LogP contribution in [0, 0.1) is 13.8 Å². The van der Waals surface area contributed by atoms with Gasteiger partial charge in [0.15, 0.2) is 0 Å². The van der Waals surface area contributed by atoms with E-state index in [0.717, 1.165) is 5.56 Å². The quantitative estimate of drug-likeness (QED) is 0.834. The number of hydrogen-bond donors (Lipinski definition) is 1. The van der Waals surface area contributed by atoms with Crippen molar-refractivity contribution in [2.24, 2.45) is 12.8 Å². The zero-order chi connectivity index (χ0) is 11.7. The Morgan fingerprint density at radius 1 is 1.25 bits per heavy atom. The Kier molecular flexibility index (Phi) is 2.79. The molecule has 16 heavy (non-hydrogen) atoms. The van der Waals surface area contributed by atoms with E-state index in [4.69, 9.17) is 5.73 Å². The summed E-state index contributed by atoms with van der Waals surface area (Å²) in [5.74, 6) is 0. The number of rotatable bonds is 2. The molecule has 3 nitrogen and oxygen atoms in total. The van der Waals surface area contributed by atoms with Crippen LogP contribution in [0.15, 0.2) is 24.4 Å². The van der Waals surface area contributed by atoms with Crippen molar-refractivity contribution in [1.82, 2.24) is 9.78 Å². The summed E-state index contributed by atoms with van der Waals surface area (Å²) in [6.07, 6.45) is 1.91. The first-order valence-corrected chi connectivity index (χ1v) is 5.42. The summed E-state index contributed by atoms with van der Waals surface area (Å²) in [7, 11) is 1.96. The maximum absolute atomic E-state index is 5.67. The Labute approximate surface area is 95.9 Å². The lowest BCUT2D eigenvalue weighted by molar-refractivity contribution is 0.740. The fourth-order valence-electron chi connectivity index (χ4n) is 1.85. The highest BCUT2D eigenvalue weighted by atomic mass is 15.3. The van der Waals surface area contributed by atoms with Crippen molar-refractivity contribution >= 4 is 0 Å². The topological polar surface area (TPSA) is 43.8 Å². The minimum atomic E-state index is 0.576. The van der Waals surface area contributed by atoms with Crippen molar-refractivity contribution in [2.45, 2.75) is 20.4 Å². The van der Waals surface area contributed by atoms with Crippen molar-refractivity contribution in [3.05, 3.63) is 41.2 Å². The summed E-state index contributed by atoms with van der Waals surface area (Å²) in [6.45, 7) is 4.77. The predicted octanol–water partition coefficient (Wildman–Crippen LogP) is 2.16. The van der Waals surface area contributed by atoms with Crippen molar-refractivity contribution in [3.63, 3.8) is 0 Å². The molecule has 0 spiro atoms. The van der Waals surface area contributed by atoms with Crippen LogP contribution in [0.1, 0.15) is 16.8 Å². The van der Waals surface area contributed by atoms with Crippen molar-refractivity contribution < 1.29 is 0 Å². The van der Waals surface area contributed by atoms with E-state index >= 15 is 0 Å². The summed E-state index contributed by atoms with van der Waals surface area (Å²) >= 11 is 0. The van der Waals surface area contributed by atoms with E-state index in [1.54, 1.807) is 0 Å². The van der Waals surface area contributed by atoms with Gasteiger partial charge in [-0.2, -0.15) is 5.10 Å². The molecule has 0 aliphatic carbocycles. The summed E-state index contributed by atoms with van der Waals surface area (Å²) in [5, 5.41) is 4.27. The van der Waals surface area contributed by atoms with Gasteiger partial charge in [0.25, 0.3) is 0 Å². The van der Waals surface area contributed by atoms with Gasteiger partial charge in [-0.1, -0.05) is 12.1 Å². The lowest BCUT2D eigenvalue weighted by atomic mass is 9.99. The molecule has 1 aromatic heterocycles. The normalized spacial score (nSPS) is 10.8. The molecule has 0 fully saturated rings. The molecule has 1 heterocycles. The Bertz CT molecular complexity index is 512.